The second-order valence-corrected chi connectivity index (χ2v) is 9.53. The van der Waals surface area contributed by atoms with Gasteiger partial charge in [-0.1, -0.05) is 6.07 Å². The Balaban J connectivity index is 1.29. The average Bonchev–Trinajstić information content (AvgIpc) is 3.32. The third kappa shape index (κ3) is 5.70. The molecule has 10 nitrogen and oxygen atoms in total. The molecule has 0 spiro atoms. The van der Waals surface area contributed by atoms with Crippen molar-refractivity contribution < 1.29 is 14.6 Å². The molecule has 0 aromatic carbocycles. The highest BCUT2D eigenvalue weighted by molar-refractivity contribution is 5.89. The first-order valence-electron chi connectivity index (χ1n) is 12.5. The van der Waals surface area contributed by atoms with Gasteiger partial charge in [0.25, 0.3) is 0 Å². The topological polar surface area (TPSA) is 114 Å². The van der Waals surface area contributed by atoms with Gasteiger partial charge >= 0.3 is 0 Å². The summed E-state index contributed by atoms with van der Waals surface area (Å²) in [6.07, 6.45) is 2.35. The van der Waals surface area contributed by atoms with Crippen LogP contribution in [0.5, 0.6) is 0 Å². The molecule has 0 radical (unpaired) electrons. The second-order valence-electron chi connectivity index (χ2n) is 9.53. The molecule has 2 saturated heterocycles. The number of nitrogens with one attached hydrogen (secondary N) is 1. The normalized spacial score (nSPS) is 20.2. The van der Waals surface area contributed by atoms with Gasteiger partial charge in [0.1, 0.15) is 17.5 Å². The van der Waals surface area contributed by atoms with Crippen LogP contribution in [-0.4, -0.2) is 98.5 Å². The van der Waals surface area contributed by atoms with Crippen molar-refractivity contribution in [1.29, 1.82) is 0 Å². The smallest absolute Gasteiger partial charge is 0.229 e. The summed E-state index contributed by atoms with van der Waals surface area (Å²) in [5.74, 6) is 1.58. The van der Waals surface area contributed by atoms with Crippen molar-refractivity contribution in [3.05, 3.63) is 41.9 Å². The number of pyridine rings is 2. The highest BCUT2D eigenvalue weighted by Crippen LogP contribution is 2.30. The van der Waals surface area contributed by atoms with Crippen LogP contribution >= 0.6 is 0 Å². The quantitative estimate of drug-likeness (QED) is 0.427. The van der Waals surface area contributed by atoms with Gasteiger partial charge in [0, 0.05) is 63.6 Å². The lowest BCUT2D eigenvalue weighted by Crippen LogP contribution is -2.46. The fourth-order valence-electron chi connectivity index (χ4n) is 4.72. The summed E-state index contributed by atoms with van der Waals surface area (Å²) in [5, 5.41) is 23.1. The second kappa shape index (κ2) is 11.0. The summed E-state index contributed by atoms with van der Waals surface area (Å²) < 4.78 is 13.9. The van der Waals surface area contributed by atoms with Gasteiger partial charge < -0.3 is 20.4 Å². The number of anilines is 3. The summed E-state index contributed by atoms with van der Waals surface area (Å²) in [6, 6.07) is 5.73. The number of halogens is 1. The standard InChI is InChI=1S/C25H33FN8O2/c1-17(36)21-12-19-14-28-25(31-23(19)24(29-21)34-5-4-20(26)16-34)30-22-3-2-18(13-27-22)15-33-8-6-32(7-9-33)10-11-35/h2-3,12-14,17,20,35-36H,4-11,15-16H2,1H3,(H,27,28,30,31)/t17?,20-/m0/s1. The molecule has 0 amide bonds. The van der Waals surface area contributed by atoms with Gasteiger partial charge in [0.2, 0.25) is 5.95 Å². The highest BCUT2D eigenvalue weighted by Gasteiger charge is 2.26. The van der Waals surface area contributed by atoms with Crippen molar-refractivity contribution in [3.8, 4) is 0 Å². The van der Waals surface area contributed by atoms with Crippen LogP contribution in [0.3, 0.4) is 0 Å². The molecule has 3 N–H and O–H groups in total. The van der Waals surface area contributed by atoms with Gasteiger partial charge in [-0.25, -0.2) is 24.3 Å². The predicted octanol–water partition coefficient (Wildman–Crippen LogP) is 1.87. The predicted molar refractivity (Wildman–Crippen MR) is 136 cm³/mol. The minimum absolute atomic E-state index is 0.205. The van der Waals surface area contributed by atoms with E-state index in [9.17, 15) is 9.50 Å². The summed E-state index contributed by atoms with van der Waals surface area (Å²) in [4.78, 5) is 24.8. The summed E-state index contributed by atoms with van der Waals surface area (Å²) >= 11 is 0. The van der Waals surface area contributed by atoms with Crippen LogP contribution in [0.4, 0.5) is 22.0 Å². The highest BCUT2D eigenvalue weighted by atomic mass is 19.1. The number of nitrogens with zero attached hydrogens (tertiary/aromatic N) is 7. The number of hydrogen-bond donors (Lipinski definition) is 3. The summed E-state index contributed by atoms with van der Waals surface area (Å²) in [6.45, 7) is 8.11. The molecule has 3 aromatic rings. The number of aromatic nitrogens is 4. The van der Waals surface area contributed by atoms with Crippen LogP contribution in [-0.2, 0) is 6.54 Å². The van der Waals surface area contributed by atoms with Gasteiger partial charge in [-0.2, -0.15) is 0 Å². The molecule has 36 heavy (non-hydrogen) atoms. The average molecular weight is 497 g/mol. The van der Waals surface area contributed by atoms with Crippen molar-refractivity contribution in [2.45, 2.75) is 32.2 Å². The summed E-state index contributed by atoms with van der Waals surface area (Å²) in [5.41, 5.74) is 2.25. The Kier molecular flexibility index (Phi) is 7.51. The van der Waals surface area contributed by atoms with E-state index in [0.717, 1.165) is 50.2 Å². The number of hydrogen-bond acceptors (Lipinski definition) is 10. The Bertz CT molecular complexity index is 1170. The van der Waals surface area contributed by atoms with E-state index in [0.29, 0.717) is 41.8 Å². The molecule has 11 heteroatoms. The number of aliphatic hydroxyl groups is 2. The molecular weight excluding hydrogens is 463 g/mol. The molecule has 2 atom stereocenters. The Morgan fingerprint density at radius 2 is 1.89 bits per heavy atom. The lowest BCUT2D eigenvalue weighted by atomic mass is 10.2. The fourth-order valence-corrected chi connectivity index (χ4v) is 4.72. The Morgan fingerprint density at radius 1 is 1.08 bits per heavy atom. The van der Waals surface area contributed by atoms with E-state index in [1.165, 1.54) is 0 Å². The van der Waals surface area contributed by atoms with E-state index in [1.807, 2.05) is 23.2 Å². The zero-order chi connectivity index (χ0) is 25.1. The van der Waals surface area contributed by atoms with Crippen molar-refractivity contribution in [1.82, 2.24) is 29.7 Å². The van der Waals surface area contributed by atoms with E-state index in [4.69, 9.17) is 5.11 Å². The molecule has 5 rings (SSSR count). The van der Waals surface area contributed by atoms with Crippen molar-refractivity contribution in [3.63, 3.8) is 0 Å². The first kappa shape index (κ1) is 24.7. The number of piperazine rings is 1. The van der Waals surface area contributed by atoms with Gasteiger partial charge in [0.15, 0.2) is 5.82 Å². The van der Waals surface area contributed by atoms with E-state index in [2.05, 4.69) is 35.1 Å². The molecule has 2 aliphatic rings. The monoisotopic (exact) mass is 496 g/mol. The van der Waals surface area contributed by atoms with Gasteiger partial charge in [-0.15, -0.1) is 0 Å². The largest absolute Gasteiger partial charge is 0.395 e. The van der Waals surface area contributed by atoms with E-state index < -0.39 is 12.3 Å². The fraction of sp³-hybridized carbons (Fsp3) is 0.520. The van der Waals surface area contributed by atoms with Crippen molar-refractivity contribution >= 4 is 28.5 Å². The number of rotatable bonds is 8. The summed E-state index contributed by atoms with van der Waals surface area (Å²) in [7, 11) is 0. The molecule has 5 heterocycles. The zero-order valence-electron chi connectivity index (χ0n) is 20.5. The van der Waals surface area contributed by atoms with Crippen LogP contribution < -0.4 is 10.2 Å². The molecule has 1 unspecified atom stereocenters. The maximum absolute atomic E-state index is 13.9. The first-order chi connectivity index (χ1) is 17.5. The van der Waals surface area contributed by atoms with Gasteiger partial charge in [0.05, 0.1) is 24.9 Å². The van der Waals surface area contributed by atoms with Crippen molar-refractivity contribution in [2.24, 2.45) is 0 Å². The molecular formula is C25H33FN8O2. The Hall–Kier alpha value is -2.99. The van der Waals surface area contributed by atoms with Crippen LogP contribution in [0, 0.1) is 0 Å². The zero-order valence-corrected chi connectivity index (χ0v) is 20.5. The Labute approximate surface area is 209 Å². The van der Waals surface area contributed by atoms with Crippen LogP contribution in [0.1, 0.15) is 30.7 Å². The molecule has 3 aromatic heterocycles. The third-order valence-electron chi connectivity index (χ3n) is 6.78. The van der Waals surface area contributed by atoms with E-state index in [-0.39, 0.29) is 13.2 Å². The van der Waals surface area contributed by atoms with Gasteiger partial charge in [-0.05, 0) is 31.0 Å². The molecule has 2 fully saturated rings. The number of fused-ring (bicyclic) bond motifs is 1. The first-order valence-corrected chi connectivity index (χ1v) is 12.5. The molecule has 192 valence electrons. The van der Waals surface area contributed by atoms with E-state index in [1.54, 1.807) is 19.2 Å². The van der Waals surface area contributed by atoms with E-state index >= 15 is 0 Å². The third-order valence-corrected chi connectivity index (χ3v) is 6.78. The maximum atomic E-state index is 13.9. The maximum Gasteiger partial charge on any atom is 0.229 e. The lowest BCUT2D eigenvalue weighted by Gasteiger charge is -2.34. The van der Waals surface area contributed by atoms with Crippen LogP contribution in [0.25, 0.3) is 10.9 Å². The molecule has 0 aliphatic carbocycles. The minimum Gasteiger partial charge on any atom is -0.395 e. The van der Waals surface area contributed by atoms with Crippen LogP contribution in [0.15, 0.2) is 30.6 Å². The van der Waals surface area contributed by atoms with Crippen LogP contribution in [0.2, 0.25) is 0 Å². The Morgan fingerprint density at radius 3 is 2.56 bits per heavy atom. The molecule has 0 bridgehead atoms. The van der Waals surface area contributed by atoms with Crippen molar-refractivity contribution in [2.75, 3.05) is 62.6 Å². The SMILES string of the molecule is CC(O)c1cc2cnc(Nc3ccc(CN4CCN(CCO)CC4)cn3)nc2c(N2CC[C@H](F)C2)n1. The number of alkyl halides is 1. The van der Waals surface area contributed by atoms with Gasteiger partial charge in [-0.3, -0.25) is 9.80 Å². The molecule has 2 aliphatic heterocycles. The lowest BCUT2D eigenvalue weighted by molar-refractivity contribution is 0.108. The number of aliphatic hydroxyl groups excluding tert-OH is 2. The minimum atomic E-state index is -0.899. The number of β-amino-alcohol motifs (C(OH)–C–C–N with tert-alkyl or cyclic N) is 1. The molecule has 0 saturated carbocycles.